The van der Waals surface area contributed by atoms with Crippen LogP contribution in [0.2, 0.25) is 10.0 Å². The Morgan fingerprint density at radius 1 is 1.06 bits per heavy atom. The largest absolute Gasteiger partial charge is 0.495 e. The minimum Gasteiger partial charge on any atom is -0.495 e. The normalized spacial score (nSPS) is 11.3. The first kappa shape index (κ1) is 23.6. The van der Waals surface area contributed by atoms with Crippen LogP contribution in [-0.4, -0.2) is 34.2 Å². The molecule has 0 radical (unpaired) electrons. The Morgan fingerprint density at radius 2 is 1.75 bits per heavy atom. The summed E-state index contributed by atoms with van der Waals surface area (Å²) >= 11 is 12.0. The molecule has 3 aromatic carbocycles. The van der Waals surface area contributed by atoms with Crippen molar-refractivity contribution in [2.45, 2.75) is 4.90 Å². The number of halogens is 2. The lowest BCUT2D eigenvalue weighted by molar-refractivity contribution is -0.119. The molecule has 1 N–H and O–H groups in total. The van der Waals surface area contributed by atoms with Gasteiger partial charge in [0.1, 0.15) is 12.3 Å². The van der Waals surface area contributed by atoms with Gasteiger partial charge in [-0.05, 0) is 48.0 Å². The maximum Gasteiger partial charge on any atom is 0.264 e. The number of ether oxygens (including phenoxy) is 1. The molecule has 0 aliphatic heterocycles. The average molecular weight is 492 g/mol. The van der Waals surface area contributed by atoms with E-state index in [-0.39, 0.29) is 15.6 Å². The zero-order valence-corrected chi connectivity index (χ0v) is 19.2. The molecule has 0 spiro atoms. The second-order valence-electron chi connectivity index (χ2n) is 6.49. The molecular weight excluding hydrogens is 473 g/mol. The molecule has 0 bridgehead atoms. The van der Waals surface area contributed by atoms with Crippen LogP contribution < -0.4 is 14.5 Å². The smallest absolute Gasteiger partial charge is 0.264 e. The summed E-state index contributed by atoms with van der Waals surface area (Å²) in [6.07, 6.45) is 1.43. The van der Waals surface area contributed by atoms with Crippen molar-refractivity contribution < 1.29 is 17.9 Å². The predicted molar refractivity (Wildman–Crippen MR) is 126 cm³/mol. The number of anilines is 1. The van der Waals surface area contributed by atoms with E-state index >= 15 is 0 Å². The highest BCUT2D eigenvalue weighted by atomic mass is 35.5. The molecule has 7 nitrogen and oxygen atoms in total. The lowest BCUT2D eigenvalue weighted by Gasteiger charge is -2.24. The first-order valence-electron chi connectivity index (χ1n) is 9.30. The van der Waals surface area contributed by atoms with Gasteiger partial charge in [0.25, 0.3) is 15.9 Å². The van der Waals surface area contributed by atoms with Gasteiger partial charge in [-0.25, -0.2) is 13.8 Å². The van der Waals surface area contributed by atoms with E-state index in [0.717, 1.165) is 4.31 Å². The van der Waals surface area contributed by atoms with E-state index in [1.807, 2.05) is 0 Å². The van der Waals surface area contributed by atoms with E-state index in [2.05, 4.69) is 10.5 Å². The minimum absolute atomic E-state index is 0.0319. The number of methoxy groups -OCH3 is 1. The Balaban J connectivity index is 1.86. The Hall–Kier alpha value is -3.07. The fraction of sp³-hybridized carbons (Fsp3) is 0.0909. The quantitative estimate of drug-likeness (QED) is 0.374. The number of amides is 1. The molecule has 1 amide bonds. The van der Waals surface area contributed by atoms with Crippen molar-refractivity contribution >= 4 is 51.0 Å². The lowest BCUT2D eigenvalue weighted by atomic mass is 10.2. The molecule has 0 fully saturated rings. The van der Waals surface area contributed by atoms with Crippen molar-refractivity contribution in [3.05, 3.63) is 88.4 Å². The molecule has 166 valence electrons. The van der Waals surface area contributed by atoms with Crippen molar-refractivity contribution in [3.8, 4) is 5.75 Å². The highest BCUT2D eigenvalue weighted by Gasteiger charge is 2.27. The van der Waals surface area contributed by atoms with Gasteiger partial charge in [0.2, 0.25) is 0 Å². The molecule has 0 saturated carbocycles. The molecule has 3 rings (SSSR count). The number of carbonyl (C=O) groups excluding carboxylic acids is 1. The summed E-state index contributed by atoms with van der Waals surface area (Å²) in [4.78, 5) is 12.6. The van der Waals surface area contributed by atoms with Gasteiger partial charge in [0.15, 0.2) is 0 Å². The van der Waals surface area contributed by atoms with Gasteiger partial charge in [-0.1, -0.05) is 53.5 Å². The lowest BCUT2D eigenvalue weighted by Crippen LogP contribution is -2.39. The van der Waals surface area contributed by atoms with Crippen molar-refractivity contribution in [3.63, 3.8) is 0 Å². The van der Waals surface area contributed by atoms with Crippen molar-refractivity contribution in [2.75, 3.05) is 18.0 Å². The summed E-state index contributed by atoms with van der Waals surface area (Å²) in [5, 5.41) is 4.67. The van der Waals surface area contributed by atoms with Crippen LogP contribution >= 0.6 is 23.2 Å². The Kier molecular flexibility index (Phi) is 7.74. The number of nitrogens with one attached hydrogen (secondary N) is 1. The van der Waals surface area contributed by atoms with E-state index in [0.29, 0.717) is 16.3 Å². The summed E-state index contributed by atoms with van der Waals surface area (Å²) in [6.45, 7) is -0.516. The van der Waals surface area contributed by atoms with Crippen LogP contribution in [0.3, 0.4) is 0 Å². The number of carbonyl (C=O) groups is 1. The van der Waals surface area contributed by atoms with Crippen molar-refractivity contribution in [1.82, 2.24) is 5.43 Å². The maximum absolute atomic E-state index is 13.3. The second-order valence-corrected chi connectivity index (χ2v) is 9.19. The monoisotopic (exact) mass is 491 g/mol. The topological polar surface area (TPSA) is 88.1 Å². The number of hydrogen-bond donors (Lipinski definition) is 1. The maximum atomic E-state index is 13.3. The van der Waals surface area contributed by atoms with E-state index in [1.54, 1.807) is 42.5 Å². The third-order valence-electron chi connectivity index (χ3n) is 4.31. The fourth-order valence-corrected chi connectivity index (χ4v) is 4.55. The molecule has 0 aliphatic rings. The number of sulfonamides is 1. The summed E-state index contributed by atoms with van der Waals surface area (Å²) < 4.78 is 32.6. The van der Waals surface area contributed by atoms with Crippen LogP contribution in [0.25, 0.3) is 0 Å². The van der Waals surface area contributed by atoms with Crippen LogP contribution in [0.5, 0.6) is 5.75 Å². The number of benzene rings is 3. The van der Waals surface area contributed by atoms with Crippen LogP contribution in [0, 0.1) is 0 Å². The molecule has 0 atom stereocenters. The Morgan fingerprint density at radius 3 is 2.38 bits per heavy atom. The molecule has 0 saturated heterocycles. The number of nitrogens with zero attached hydrogens (tertiary/aromatic N) is 2. The second kappa shape index (κ2) is 10.5. The van der Waals surface area contributed by atoms with E-state index in [4.69, 9.17) is 27.9 Å². The Labute approximate surface area is 196 Å². The van der Waals surface area contributed by atoms with E-state index in [1.165, 1.54) is 43.7 Å². The van der Waals surface area contributed by atoms with Gasteiger partial charge >= 0.3 is 0 Å². The fourth-order valence-electron chi connectivity index (χ4n) is 2.74. The standard InChI is InChI=1S/C22H19Cl2N3O4S/c1-31-21-12-11-18(13-20(21)24)27(32(29,30)19-5-3-2-4-6-19)15-22(28)26-25-14-16-7-9-17(23)10-8-16/h2-14H,15H2,1H3,(H,26,28)/b25-14-. The summed E-state index contributed by atoms with van der Waals surface area (Å²) in [5.41, 5.74) is 3.26. The zero-order valence-electron chi connectivity index (χ0n) is 16.9. The molecule has 0 aromatic heterocycles. The van der Waals surface area contributed by atoms with Crippen molar-refractivity contribution in [2.24, 2.45) is 5.10 Å². The van der Waals surface area contributed by atoms with Crippen LogP contribution in [0.15, 0.2) is 82.8 Å². The molecule has 32 heavy (non-hydrogen) atoms. The first-order valence-corrected chi connectivity index (χ1v) is 11.5. The predicted octanol–water partition coefficient (Wildman–Crippen LogP) is 4.35. The average Bonchev–Trinajstić information content (AvgIpc) is 2.79. The minimum atomic E-state index is -4.06. The number of hydrazone groups is 1. The van der Waals surface area contributed by atoms with Crippen LogP contribution in [-0.2, 0) is 14.8 Å². The molecular formula is C22H19Cl2N3O4S. The van der Waals surface area contributed by atoms with Gasteiger partial charge in [-0.2, -0.15) is 5.10 Å². The van der Waals surface area contributed by atoms with E-state index in [9.17, 15) is 13.2 Å². The van der Waals surface area contributed by atoms with E-state index < -0.39 is 22.5 Å². The first-order chi connectivity index (χ1) is 15.3. The molecule has 0 unspecified atom stereocenters. The van der Waals surface area contributed by atoms with Gasteiger partial charge in [-0.3, -0.25) is 9.10 Å². The van der Waals surface area contributed by atoms with Gasteiger partial charge in [-0.15, -0.1) is 0 Å². The summed E-state index contributed by atoms with van der Waals surface area (Å²) in [5.74, 6) is -0.258. The van der Waals surface area contributed by atoms with Gasteiger partial charge in [0.05, 0.1) is 28.9 Å². The number of rotatable bonds is 8. The van der Waals surface area contributed by atoms with Crippen LogP contribution in [0.4, 0.5) is 5.69 Å². The molecule has 3 aromatic rings. The third-order valence-corrected chi connectivity index (χ3v) is 6.65. The molecule has 0 aliphatic carbocycles. The van der Waals surface area contributed by atoms with Crippen LogP contribution in [0.1, 0.15) is 5.56 Å². The third kappa shape index (κ3) is 5.79. The van der Waals surface area contributed by atoms with Gasteiger partial charge in [0, 0.05) is 5.02 Å². The molecule has 10 heteroatoms. The zero-order chi connectivity index (χ0) is 23.1. The number of hydrogen-bond acceptors (Lipinski definition) is 5. The summed E-state index contributed by atoms with van der Waals surface area (Å²) in [6, 6.07) is 19.1. The highest BCUT2D eigenvalue weighted by Crippen LogP contribution is 2.31. The summed E-state index contributed by atoms with van der Waals surface area (Å²) in [7, 11) is -2.61. The Bertz CT molecular complexity index is 1220. The van der Waals surface area contributed by atoms with Crippen molar-refractivity contribution in [1.29, 1.82) is 0 Å². The van der Waals surface area contributed by atoms with Gasteiger partial charge < -0.3 is 4.74 Å². The molecule has 0 heterocycles. The highest BCUT2D eigenvalue weighted by molar-refractivity contribution is 7.92. The SMILES string of the molecule is COc1ccc(N(CC(=O)N/N=C\c2ccc(Cl)cc2)S(=O)(=O)c2ccccc2)cc1Cl.